The van der Waals surface area contributed by atoms with E-state index in [4.69, 9.17) is 14.9 Å². The Morgan fingerprint density at radius 3 is 1.72 bits per heavy atom. The first-order valence-corrected chi connectivity index (χ1v) is 11.7. The minimum atomic E-state index is -4.47. The van der Waals surface area contributed by atoms with Gasteiger partial charge in [-0.05, 0) is 20.3 Å². The van der Waals surface area contributed by atoms with Gasteiger partial charge in [0.25, 0.3) is 0 Å². The number of rotatable bonds is 17. The number of aliphatic hydroxyl groups excluding tert-OH is 2. The molecule has 0 fully saturated rings. The average molecular weight is 453 g/mol. The average Bonchev–Trinajstić information content (AvgIpc) is 2.66. The Bertz CT molecular complexity index is 450. The van der Waals surface area contributed by atoms with Crippen LogP contribution in [0.2, 0.25) is 0 Å². The number of ether oxygens (including phenoxy) is 1. The number of hydrogen-bond acceptors (Lipinski definition) is 8. The predicted molar refractivity (Wildman–Crippen MR) is 109 cm³/mol. The molecule has 0 aromatic rings. The molecule has 0 aliphatic carbocycles. The molecule has 29 heavy (non-hydrogen) atoms. The van der Waals surface area contributed by atoms with Crippen molar-refractivity contribution in [2.45, 2.75) is 91.1 Å². The molecule has 0 saturated heterocycles. The van der Waals surface area contributed by atoms with Crippen molar-refractivity contribution in [2.24, 2.45) is 0 Å². The molecule has 0 bridgehead atoms. The number of unbranched alkanes of at least 4 members (excludes halogenated alkanes) is 9. The van der Waals surface area contributed by atoms with Crippen molar-refractivity contribution in [1.82, 2.24) is 0 Å². The maximum atomic E-state index is 11.3. The van der Waals surface area contributed by atoms with Crippen LogP contribution < -0.4 is 29.6 Å². The van der Waals surface area contributed by atoms with E-state index >= 15 is 0 Å². The van der Waals surface area contributed by atoms with Crippen molar-refractivity contribution in [3.8, 4) is 0 Å². The molecule has 8 nitrogen and oxygen atoms in total. The molecule has 0 heterocycles. The molecule has 0 amide bonds. The van der Waals surface area contributed by atoms with E-state index in [0.717, 1.165) is 32.5 Å². The first-order valence-electron chi connectivity index (χ1n) is 10.3. The zero-order valence-electron chi connectivity index (χ0n) is 19.7. The molecule has 0 aromatic heterocycles. The van der Waals surface area contributed by atoms with Crippen LogP contribution in [0.5, 0.6) is 0 Å². The molecule has 2 N–H and O–H groups in total. The third kappa shape index (κ3) is 26.2. The van der Waals surface area contributed by atoms with Crippen LogP contribution in [0.4, 0.5) is 0 Å². The first kappa shape index (κ1) is 33.9. The first-order chi connectivity index (χ1) is 13.3. The fourth-order valence-electron chi connectivity index (χ4n) is 2.21. The van der Waals surface area contributed by atoms with Crippen molar-refractivity contribution in [2.75, 3.05) is 26.4 Å². The SMILES string of the molecule is CCCCCCCCCCCCOS(=O)(=O)OC(=O)C(O)CO.CCOCC.[H-].[Na+]. The van der Waals surface area contributed by atoms with E-state index in [2.05, 4.69) is 15.3 Å². The molecule has 1 unspecified atom stereocenters. The second kappa shape index (κ2) is 24.5. The largest absolute Gasteiger partial charge is 1.00 e. The van der Waals surface area contributed by atoms with Crippen LogP contribution in [0.1, 0.15) is 86.4 Å². The summed E-state index contributed by atoms with van der Waals surface area (Å²) in [6.07, 6.45) is 9.21. The van der Waals surface area contributed by atoms with E-state index in [1.807, 2.05) is 13.8 Å². The maximum Gasteiger partial charge on any atom is 1.00 e. The minimum absolute atomic E-state index is 0. The van der Waals surface area contributed by atoms with Crippen molar-refractivity contribution in [1.29, 1.82) is 0 Å². The molecule has 0 aliphatic rings. The summed E-state index contributed by atoms with van der Waals surface area (Å²) in [6.45, 7) is 6.88. The number of carbonyl (C=O) groups is 1. The molecule has 1 atom stereocenters. The third-order valence-electron chi connectivity index (χ3n) is 3.76. The molecular formula is C19H41NaO8S. The van der Waals surface area contributed by atoms with E-state index in [9.17, 15) is 13.2 Å². The van der Waals surface area contributed by atoms with Crippen LogP contribution in [0.15, 0.2) is 0 Å². The standard InChI is InChI=1S/C15H30O7S.C4H10O.Na.H/c1-2-3-4-5-6-7-8-9-10-11-12-21-23(19,20)22-15(18)14(17)13-16;1-3-5-4-2;;/h14,16-17H,2-13H2,1H3;3-4H2,1-2H3;;/q;;+1;-1. The molecule has 0 spiro atoms. The molecule has 0 radical (unpaired) electrons. The van der Waals surface area contributed by atoms with Crippen molar-refractivity contribution < 1.29 is 67.5 Å². The Labute approximate surface area is 200 Å². The number of aliphatic hydroxyl groups is 2. The van der Waals surface area contributed by atoms with Crippen LogP contribution in [0, 0.1) is 0 Å². The van der Waals surface area contributed by atoms with Crippen LogP contribution in [-0.4, -0.2) is 57.1 Å². The van der Waals surface area contributed by atoms with Crippen LogP contribution in [0.25, 0.3) is 0 Å². The summed E-state index contributed by atoms with van der Waals surface area (Å²) in [6, 6.07) is 0. The molecule has 0 aliphatic heterocycles. The summed E-state index contributed by atoms with van der Waals surface area (Å²) in [5, 5.41) is 17.4. The fourth-order valence-corrected chi connectivity index (χ4v) is 2.89. The van der Waals surface area contributed by atoms with Gasteiger partial charge >= 0.3 is 45.9 Å². The Hall–Kier alpha value is 0.260. The van der Waals surface area contributed by atoms with Gasteiger partial charge in [-0.3, -0.25) is 0 Å². The summed E-state index contributed by atoms with van der Waals surface area (Å²) in [4.78, 5) is 11.0. The quantitative estimate of drug-likeness (QED) is 0.238. The summed E-state index contributed by atoms with van der Waals surface area (Å²) < 4.78 is 35.8. The number of hydrogen-bond donors (Lipinski definition) is 2. The van der Waals surface area contributed by atoms with E-state index in [1.54, 1.807) is 0 Å². The van der Waals surface area contributed by atoms with Gasteiger partial charge in [-0.25, -0.2) is 8.98 Å². The Balaban J connectivity index is -0.000000429. The van der Waals surface area contributed by atoms with Gasteiger partial charge in [0.05, 0.1) is 13.2 Å². The van der Waals surface area contributed by atoms with E-state index in [-0.39, 0.29) is 37.6 Å². The summed E-state index contributed by atoms with van der Waals surface area (Å²) >= 11 is 0. The molecule has 0 saturated carbocycles. The number of carbonyl (C=O) groups excluding carboxylic acids is 1. The smallest absolute Gasteiger partial charge is 1.00 e. The predicted octanol–water partition coefficient (Wildman–Crippen LogP) is 0.224. The van der Waals surface area contributed by atoms with Gasteiger partial charge in [0.2, 0.25) is 0 Å². The summed E-state index contributed by atoms with van der Waals surface area (Å²) in [7, 11) is -4.47. The third-order valence-corrected chi connectivity index (χ3v) is 4.59. The van der Waals surface area contributed by atoms with Crippen molar-refractivity contribution in [3.63, 3.8) is 0 Å². The summed E-state index contributed by atoms with van der Waals surface area (Å²) in [5.41, 5.74) is 0. The molecule has 0 aromatic carbocycles. The fraction of sp³-hybridized carbons (Fsp3) is 0.947. The van der Waals surface area contributed by atoms with Gasteiger partial charge in [0.1, 0.15) is 0 Å². The van der Waals surface area contributed by atoms with Crippen molar-refractivity contribution >= 4 is 16.4 Å². The van der Waals surface area contributed by atoms with Crippen molar-refractivity contribution in [3.05, 3.63) is 0 Å². The van der Waals surface area contributed by atoms with Gasteiger partial charge in [-0.15, -0.1) is 0 Å². The van der Waals surface area contributed by atoms with Crippen LogP contribution >= 0.6 is 0 Å². The van der Waals surface area contributed by atoms with E-state index in [0.29, 0.717) is 6.42 Å². The topological polar surface area (TPSA) is 119 Å². The van der Waals surface area contributed by atoms with Gasteiger partial charge in [0, 0.05) is 13.2 Å². The van der Waals surface area contributed by atoms with E-state index in [1.165, 1.54) is 38.5 Å². The zero-order chi connectivity index (χ0) is 21.7. The monoisotopic (exact) mass is 452 g/mol. The van der Waals surface area contributed by atoms with E-state index < -0.39 is 29.1 Å². The minimum Gasteiger partial charge on any atom is -1.00 e. The maximum absolute atomic E-state index is 11.3. The Morgan fingerprint density at radius 2 is 1.34 bits per heavy atom. The Morgan fingerprint density at radius 1 is 0.897 bits per heavy atom. The second-order valence-corrected chi connectivity index (χ2v) is 7.51. The zero-order valence-corrected chi connectivity index (χ0v) is 21.5. The second-order valence-electron chi connectivity index (χ2n) is 6.29. The van der Waals surface area contributed by atoms with Gasteiger partial charge in [0.15, 0.2) is 6.10 Å². The molecule has 10 heteroatoms. The Kier molecular flexibility index (Phi) is 28.7. The molecule has 172 valence electrons. The molecule has 0 rings (SSSR count). The van der Waals surface area contributed by atoms with Gasteiger partial charge < -0.3 is 20.6 Å². The summed E-state index contributed by atoms with van der Waals surface area (Å²) in [5.74, 6) is -1.45. The van der Waals surface area contributed by atoms with Gasteiger partial charge in [-0.1, -0.05) is 64.7 Å². The normalized spacial score (nSPS) is 11.8. The van der Waals surface area contributed by atoms with Crippen LogP contribution in [0.3, 0.4) is 0 Å². The molecular weight excluding hydrogens is 411 g/mol. The van der Waals surface area contributed by atoms with Crippen LogP contribution in [-0.2, 0) is 28.3 Å². The van der Waals surface area contributed by atoms with Gasteiger partial charge in [-0.2, -0.15) is 8.42 Å².